The van der Waals surface area contributed by atoms with Crippen molar-refractivity contribution in [3.05, 3.63) is 59.8 Å². The molecule has 3 N–H and O–H groups in total. The SMILES string of the molecule is CC(C)c1ccc([C@@H](NC(=O)C[NH+]2CCN(c3cccc[nH+]3)CC2)C(C)C)cc1. The summed E-state index contributed by atoms with van der Waals surface area (Å²) in [6.45, 7) is 13.2. The van der Waals surface area contributed by atoms with E-state index in [-0.39, 0.29) is 11.9 Å². The summed E-state index contributed by atoms with van der Waals surface area (Å²) in [5.41, 5.74) is 2.53. The van der Waals surface area contributed by atoms with E-state index in [1.807, 2.05) is 12.3 Å². The fraction of sp³-hybridized carbons (Fsp3) is 0.500. The number of nitrogens with zero attached hydrogens (tertiary/aromatic N) is 1. The van der Waals surface area contributed by atoms with E-state index in [1.165, 1.54) is 16.0 Å². The van der Waals surface area contributed by atoms with Crippen LogP contribution in [-0.4, -0.2) is 38.6 Å². The maximum absolute atomic E-state index is 12.8. The number of piperazine rings is 1. The van der Waals surface area contributed by atoms with Gasteiger partial charge in [-0.25, -0.2) is 4.98 Å². The lowest BCUT2D eigenvalue weighted by Gasteiger charge is -2.29. The summed E-state index contributed by atoms with van der Waals surface area (Å²) in [5.74, 6) is 2.17. The van der Waals surface area contributed by atoms with Gasteiger partial charge in [-0.05, 0) is 29.0 Å². The van der Waals surface area contributed by atoms with Gasteiger partial charge in [-0.15, -0.1) is 0 Å². The standard InChI is InChI=1S/C24H34N4O/c1-18(2)20-8-10-21(11-9-20)24(19(3)4)26-23(29)17-27-13-15-28(16-14-27)22-7-5-6-12-25-22/h5-12,18-19,24H,13-17H2,1-4H3,(H,26,29)/p+2/t24-/m0/s1. The molecule has 3 rings (SSSR count). The molecule has 0 radical (unpaired) electrons. The highest BCUT2D eigenvalue weighted by atomic mass is 16.2. The minimum Gasteiger partial charge on any atom is -0.344 e. The summed E-state index contributed by atoms with van der Waals surface area (Å²) in [5, 5.41) is 3.29. The van der Waals surface area contributed by atoms with E-state index >= 15 is 0 Å². The topological polar surface area (TPSA) is 50.9 Å². The molecule has 1 atom stereocenters. The van der Waals surface area contributed by atoms with Gasteiger partial charge < -0.3 is 10.2 Å². The van der Waals surface area contributed by atoms with Crippen LogP contribution in [0.4, 0.5) is 5.82 Å². The Morgan fingerprint density at radius 3 is 2.24 bits per heavy atom. The second-order valence-electron chi connectivity index (χ2n) is 8.77. The molecule has 1 amide bonds. The third kappa shape index (κ3) is 5.80. The Balaban J connectivity index is 1.53. The van der Waals surface area contributed by atoms with Crippen LogP contribution in [0.1, 0.15) is 50.8 Å². The van der Waals surface area contributed by atoms with Crippen molar-refractivity contribution in [3.63, 3.8) is 0 Å². The Kier molecular flexibility index (Phi) is 7.26. The number of quaternary nitrogens is 1. The second kappa shape index (κ2) is 9.88. The van der Waals surface area contributed by atoms with Gasteiger partial charge in [-0.1, -0.05) is 58.0 Å². The van der Waals surface area contributed by atoms with Crippen LogP contribution < -0.4 is 20.1 Å². The minimum absolute atomic E-state index is 0.0586. The van der Waals surface area contributed by atoms with Gasteiger partial charge in [0.1, 0.15) is 26.2 Å². The maximum atomic E-state index is 12.8. The molecule has 1 aromatic heterocycles. The van der Waals surface area contributed by atoms with Crippen LogP contribution in [0.15, 0.2) is 48.7 Å². The van der Waals surface area contributed by atoms with Crippen LogP contribution in [0, 0.1) is 5.92 Å². The average molecular weight is 397 g/mol. The highest BCUT2D eigenvalue weighted by Gasteiger charge is 2.28. The minimum atomic E-state index is 0.0586. The summed E-state index contributed by atoms with van der Waals surface area (Å²) >= 11 is 0. The van der Waals surface area contributed by atoms with E-state index in [2.05, 4.69) is 79.3 Å². The number of amides is 1. The molecular formula is C24H36N4O+2. The van der Waals surface area contributed by atoms with Gasteiger partial charge in [0.25, 0.3) is 11.7 Å². The van der Waals surface area contributed by atoms with Gasteiger partial charge in [0, 0.05) is 6.07 Å². The van der Waals surface area contributed by atoms with E-state index in [1.54, 1.807) is 0 Å². The Hall–Kier alpha value is -2.40. The largest absolute Gasteiger partial charge is 0.344 e. The summed E-state index contributed by atoms with van der Waals surface area (Å²) in [7, 11) is 0. The smallest absolute Gasteiger partial charge is 0.275 e. The van der Waals surface area contributed by atoms with Crippen LogP contribution in [0.3, 0.4) is 0 Å². The van der Waals surface area contributed by atoms with Crippen molar-refractivity contribution in [3.8, 4) is 0 Å². The Labute approximate surface area is 175 Å². The Morgan fingerprint density at radius 1 is 1.03 bits per heavy atom. The quantitative estimate of drug-likeness (QED) is 0.750. The number of H-pyrrole nitrogens is 1. The lowest BCUT2D eigenvalue weighted by atomic mass is 9.93. The molecule has 0 bridgehead atoms. The molecule has 0 spiro atoms. The molecule has 1 aliphatic heterocycles. The summed E-state index contributed by atoms with van der Waals surface area (Å²) < 4.78 is 0. The molecule has 0 unspecified atom stereocenters. The molecule has 156 valence electrons. The van der Waals surface area contributed by atoms with E-state index < -0.39 is 0 Å². The molecule has 2 heterocycles. The molecule has 5 nitrogen and oxygen atoms in total. The highest BCUT2D eigenvalue weighted by Crippen LogP contribution is 2.24. The number of carbonyl (C=O) groups is 1. The van der Waals surface area contributed by atoms with Gasteiger partial charge in [-0.2, -0.15) is 0 Å². The molecule has 1 aromatic carbocycles. The molecule has 2 aromatic rings. The molecule has 0 saturated carbocycles. The predicted octanol–water partition coefficient (Wildman–Crippen LogP) is 1.84. The first-order valence-electron chi connectivity index (χ1n) is 10.9. The average Bonchev–Trinajstić information content (AvgIpc) is 2.73. The zero-order chi connectivity index (χ0) is 20.8. The fourth-order valence-corrected chi connectivity index (χ4v) is 4.00. The third-order valence-corrected chi connectivity index (χ3v) is 5.86. The number of rotatable bonds is 7. The monoisotopic (exact) mass is 396 g/mol. The molecule has 1 fully saturated rings. The van der Waals surface area contributed by atoms with E-state index in [0.29, 0.717) is 18.4 Å². The molecule has 29 heavy (non-hydrogen) atoms. The molecule has 1 aliphatic rings. The van der Waals surface area contributed by atoms with Gasteiger partial charge >= 0.3 is 0 Å². The molecule has 1 saturated heterocycles. The number of aromatic amines is 1. The number of pyridine rings is 1. The van der Waals surface area contributed by atoms with Crippen molar-refractivity contribution in [1.29, 1.82) is 0 Å². The normalized spacial score (nSPS) is 16.3. The lowest BCUT2D eigenvalue weighted by Crippen LogP contribution is -3.16. The number of nitrogens with one attached hydrogen (secondary N) is 3. The van der Waals surface area contributed by atoms with Crippen LogP contribution >= 0.6 is 0 Å². The van der Waals surface area contributed by atoms with Gasteiger partial charge in [0.2, 0.25) is 0 Å². The molecule has 0 aliphatic carbocycles. The number of hydrogen-bond acceptors (Lipinski definition) is 2. The summed E-state index contributed by atoms with van der Waals surface area (Å²) in [6.07, 6.45) is 1.96. The van der Waals surface area contributed by atoms with Crippen molar-refractivity contribution in [2.45, 2.75) is 39.7 Å². The molecule has 5 heteroatoms. The highest BCUT2D eigenvalue weighted by molar-refractivity contribution is 5.77. The van der Waals surface area contributed by atoms with Crippen molar-refractivity contribution in [1.82, 2.24) is 5.32 Å². The van der Waals surface area contributed by atoms with Crippen LogP contribution in [-0.2, 0) is 4.79 Å². The van der Waals surface area contributed by atoms with Crippen LogP contribution in [0.25, 0.3) is 0 Å². The number of anilines is 1. The van der Waals surface area contributed by atoms with Crippen molar-refractivity contribution in [2.24, 2.45) is 5.92 Å². The van der Waals surface area contributed by atoms with Crippen molar-refractivity contribution < 1.29 is 14.7 Å². The second-order valence-corrected chi connectivity index (χ2v) is 8.77. The Bertz CT molecular complexity index is 765. The molecular weight excluding hydrogens is 360 g/mol. The van der Waals surface area contributed by atoms with Gasteiger partial charge in [0.05, 0.1) is 12.2 Å². The van der Waals surface area contributed by atoms with Gasteiger partial charge in [-0.3, -0.25) is 9.69 Å². The van der Waals surface area contributed by atoms with Crippen LogP contribution in [0.5, 0.6) is 0 Å². The summed E-state index contributed by atoms with van der Waals surface area (Å²) in [6, 6.07) is 14.9. The van der Waals surface area contributed by atoms with Crippen LogP contribution in [0.2, 0.25) is 0 Å². The van der Waals surface area contributed by atoms with Crippen molar-refractivity contribution >= 4 is 11.7 Å². The van der Waals surface area contributed by atoms with E-state index in [9.17, 15) is 4.79 Å². The van der Waals surface area contributed by atoms with E-state index in [4.69, 9.17) is 0 Å². The number of carbonyl (C=O) groups excluding carboxylic acids is 1. The maximum Gasteiger partial charge on any atom is 0.275 e. The van der Waals surface area contributed by atoms with Gasteiger partial charge in [0.15, 0.2) is 6.54 Å². The fourth-order valence-electron chi connectivity index (χ4n) is 4.00. The zero-order valence-electron chi connectivity index (χ0n) is 18.2. The first-order valence-corrected chi connectivity index (χ1v) is 10.9. The summed E-state index contributed by atoms with van der Waals surface area (Å²) in [4.78, 5) is 19.8. The lowest BCUT2D eigenvalue weighted by molar-refractivity contribution is -0.892. The number of aromatic nitrogens is 1. The first kappa shape index (κ1) is 21.3. The number of benzene rings is 1. The third-order valence-electron chi connectivity index (χ3n) is 5.86. The van der Waals surface area contributed by atoms with Crippen molar-refractivity contribution in [2.75, 3.05) is 37.6 Å². The Morgan fingerprint density at radius 2 is 1.69 bits per heavy atom. The first-order chi connectivity index (χ1) is 13.9. The predicted molar refractivity (Wildman–Crippen MR) is 117 cm³/mol. The number of hydrogen-bond donors (Lipinski definition) is 2. The van der Waals surface area contributed by atoms with E-state index in [0.717, 1.165) is 32.0 Å². The zero-order valence-corrected chi connectivity index (χ0v) is 18.2.